The first kappa shape index (κ1) is 15.1. The number of anilines is 2. The first-order chi connectivity index (χ1) is 9.90. The smallest absolute Gasteiger partial charge is 0.200 e. The van der Waals surface area contributed by atoms with Crippen molar-refractivity contribution in [3.8, 4) is 17.2 Å². The Kier molecular flexibility index (Phi) is 4.33. The summed E-state index contributed by atoms with van der Waals surface area (Å²) in [7, 11) is 3.82. The maximum absolute atomic E-state index is 9.75. The van der Waals surface area contributed by atoms with Crippen molar-refractivity contribution in [3.63, 3.8) is 0 Å². The number of halogens is 1. The van der Waals surface area contributed by atoms with E-state index in [1.54, 1.807) is 6.07 Å². The number of nitrogens with one attached hydrogen (secondary N) is 1. The highest BCUT2D eigenvalue weighted by Gasteiger charge is 2.11. The van der Waals surface area contributed by atoms with Gasteiger partial charge in [0.2, 0.25) is 5.75 Å². The van der Waals surface area contributed by atoms with E-state index in [4.69, 9.17) is 11.6 Å². The van der Waals surface area contributed by atoms with Crippen molar-refractivity contribution in [2.75, 3.05) is 24.3 Å². The Morgan fingerprint density at radius 3 is 2.38 bits per heavy atom. The number of aromatic hydroxyl groups is 3. The molecule has 0 aliphatic rings. The van der Waals surface area contributed by atoms with E-state index >= 15 is 0 Å². The molecule has 112 valence electrons. The second-order valence-corrected chi connectivity index (χ2v) is 5.26. The molecule has 0 amide bonds. The van der Waals surface area contributed by atoms with Crippen LogP contribution in [0.1, 0.15) is 5.56 Å². The van der Waals surface area contributed by atoms with E-state index in [0.717, 1.165) is 11.4 Å². The number of phenols is 3. The predicted molar refractivity (Wildman–Crippen MR) is 84.5 cm³/mol. The SMILES string of the molecule is CN(C)c1ccc(NCc2ccc(O)c(O)c2O)cc1Cl. The highest BCUT2D eigenvalue weighted by molar-refractivity contribution is 6.33. The first-order valence-corrected chi connectivity index (χ1v) is 6.71. The summed E-state index contributed by atoms with van der Waals surface area (Å²) < 4.78 is 0. The van der Waals surface area contributed by atoms with Crippen LogP contribution in [-0.4, -0.2) is 29.4 Å². The molecule has 21 heavy (non-hydrogen) atoms. The van der Waals surface area contributed by atoms with Crippen LogP contribution in [0.3, 0.4) is 0 Å². The van der Waals surface area contributed by atoms with E-state index in [0.29, 0.717) is 10.6 Å². The minimum atomic E-state index is -0.518. The van der Waals surface area contributed by atoms with E-state index in [1.807, 2.05) is 31.1 Å². The van der Waals surface area contributed by atoms with Crippen LogP contribution in [0.4, 0.5) is 11.4 Å². The van der Waals surface area contributed by atoms with Crippen molar-refractivity contribution < 1.29 is 15.3 Å². The third-order valence-corrected chi connectivity index (χ3v) is 3.43. The Morgan fingerprint density at radius 2 is 1.76 bits per heavy atom. The maximum atomic E-state index is 9.75. The molecule has 0 aliphatic heterocycles. The van der Waals surface area contributed by atoms with E-state index in [1.165, 1.54) is 12.1 Å². The van der Waals surface area contributed by atoms with Gasteiger partial charge in [-0.25, -0.2) is 0 Å². The molecule has 2 rings (SSSR count). The second-order valence-electron chi connectivity index (χ2n) is 4.86. The lowest BCUT2D eigenvalue weighted by Crippen LogP contribution is -2.09. The number of hydrogen-bond donors (Lipinski definition) is 4. The first-order valence-electron chi connectivity index (χ1n) is 6.33. The van der Waals surface area contributed by atoms with Crippen molar-refractivity contribution in [2.45, 2.75) is 6.54 Å². The van der Waals surface area contributed by atoms with Crippen LogP contribution in [0, 0.1) is 0 Å². The molecule has 2 aromatic carbocycles. The zero-order valence-corrected chi connectivity index (χ0v) is 12.5. The van der Waals surface area contributed by atoms with Gasteiger partial charge >= 0.3 is 0 Å². The third-order valence-electron chi connectivity index (χ3n) is 3.13. The van der Waals surface area contributed by atoms with Crippen molar-refractivity contribution in [1.29, 1.82) is 0 Å². The highest BCUT2D eigenvalue weighted by atomic mass is 35.5. The Morgan fingerprint density at radius 1 is 1.05 bits per heavy atom. The summed E-state index contributed by atoms with van der Waals surface area (Å²) in [6.07, 6.45) is 0. The van der Waals surface area contributed by atoms with Gasteiger partial charge in [-0.15, -0.1) is 0 Å². The van der Waals surface area contributed by atoms with Gasteiger partial charge in [-0.05, 0) is 30.3 Å². The van der Waals surface area contributed by atoms with Crippen LogP contribution in [0.15, 0.2) is 30.3 Å². The molecule has 0 saturated carbocycles. The molecular weight excluding hydrogens is 292 g/mol. The Balaban J connectivity index is 2.14. The third kappa shape index (κ3) is 3.25. The lowest BCUT2D eigenvalue weighted by Gasteiger charge is -2.16. The molecule has 4 N–H and O–H groups in total. The average molecular weight is 309 g/mol. The summed E-state index contributed by atoms with van der Waals surface area (Å²) >= 11 is 6.18. The predicted octanol–water partition coefficient (Wildman–Crippen LogP) is 3.13. The van der Waals surface area contributed by atoms with Gasteiger partial charge in [-0.1, -0.05) is 11.6 Å². The molecule has 0 spiro atoms. The number of benzene rings is 2. The molecule has 0 unspecified atom stereocenters. The molecular formula is C15H17ClN2O3. The van der Waals surface area contributed by atoms with E-state index < -0.39 is 5.75 Å². The molecule has 5 nitrogen and oxygen atoms in total. The minimum absolute atomic E-state index is 0.289. The van der Waals surface area contributed by atoms with Gasteiger partial charge in [0.05, 0.1) is 10.7 Å². The lowest BCUT2D eigenvalue weighted by molar-refractivity contribution is 0.365. The minimum Gasteiger partial charge on any atom is -0.504 e. The number of phenolic OH excluding ortho intramolecular Hbond substituents is 3. The van der Waals surface area contributed by atoms with Crippen molar-refractivity contribution in [3.05, 3.63) is 40.9 Å². The van der Waals surface area contributed by atoms with Crippen LogP contribution < -0.4 is 10.2 Å². The van der Waals surface area contributed by atoms with Gasteiger partial charge in [-0.3, -0.25) is 0 Å². The quantitative estimate of drug-likeness (QED) is 0.653. The molecule has 0 atom stereocenters. The van der Waals surface area contributed by atoms with Gasteiger partial charge in [0.1, 0.15) is 0 Å². The van der Waals surface area contributed by atoms with Crippen LogP contribution in [0.25, 0.3) is 0 Å². The van der Waals surface area contributed by atoms with E-state index in [9.17, 15) is 15.3 Å². The number of rotatable bonds is 4. The van der Waals surface area contributed by atoms with Crippen molar-refractivity contribution >= 4 is 23.0 Å². The molecule has 0 fully saturated rings. The largest absolute Gasteiger partial charge is 0.504 e. The number of hydrogen-bond acceptors (Lipinski definition) is 5. The molecule has 0 saturated heterocycles. The summed E-state index contributed by atoms with van der Waals surface area (Å²) in [5, 5.41) is 32.2. The van der Waals surface area contributed by atoms with Crippen LogP contribution in [0.5, 0.6) is 17.2 Å². The Hall–Kier alpha value is -2.27. The van der Waals surface area contributed by atoms with Gasteiger partial charge in [-0.2, -0.15) is 0 Å². The van der Waals surface area contributed by atoms with Gasteiger partial charge in [0.25, 0.3) is 0 Å². The van der Waals surface area contributed by atoms with Crippen molar-refractivity contribution in [2.24, 2.45) is 0 Å². The molecule has 6 heteroatoms. The van der Waals surface area contributed by atoms with Crippen LogP contribution in [-0.2, 0) is 6.54 Å². The topological polar surface area (TPSA) is 76.0 Å². The summed E-state index contributed by atoms with van der Waals surface area (Å²) in [6.45, 7) is 0.289. The van der Waals surface area contributed by atoms with E-state index in [2.05, 4.69) is 5.32 Å². The monoisotopic (exact) mass is 308 g/mol. The summed E-state index contributed by atoms with van der Waals surface area (Å²) in [5.41, 5.74) is 2.17. The maximum Gasteiger partial charge on any atom is 0.200 e. The second kappa shape index (κ2) is 6.01. The fraction of sp³-hybridized carbons (Fsp3) is 0.200. The zero-order valence-electron chi connectivity index (χ0n) is 11.8. The fourth-order valence-corrected chi connectivity index (χ4v) is 2.28. The number of nitrogens with zero attached hydrogens (tertiary/aromatic N) is 1. The van der Waals surface area contributed by atoms with Gasteiger partial charge in [0, 0.05) is 31.9 Å². The van der Waals surface area contributed by atoms with Gasteiger partial charge < -0.3 is 25.5 Å². The Labute approximate surface area is 128 Å². The summed E-state index contributed by atoms with van der Waals surface area (Å²) in [5.74, 6) is -1.21. The molecule has 0 heterocycles. The van der Waals surface area contributed by atoms with Crippen molar-refractivity contribution in [1.82, 2.24) is 0 Å². The average Bonchev–Trinajstić information content (AvgIpc) is 2.44. The lowest BCUT2D eigenvalue weighted by atomic mass is 10.1. The molecule has 0 aromatic heterocycles. The Bertz CT molecular complexity index is 660. The fourth-order valence-electron chi connectivity index (χ4n) is 1.93. The molecule has 0 bridgehead atoms. The van der Waals surface area contributed by atoms with Gasteiger partial charge in [0.15, 0.2) is 11.5 Å². The van der Waals surface area contributed by atoms with E-state index in [-0.39, 0.29) is 18.0 Å². The molecule has 0 radical (unpaired) electrons. The summed E-state index contributed by atoms with van der Waals surface area (Å²) in [6, 6.07) is 8.41. The van der Waals surface area contributed by atoms with Crippen LogP contribution in [0.2, 0.25) is 5.02 Å². The highest BCUT2D eigenvalue weighted by Crippen LogP contribution is 2.37. The molecule has 0 aliphatic carbocycles. The molecule has 2 aromatic rings. The summed E-state index contributed by atoms with van der Waals surface area (Å²) in [4.78, 5) is 1.91. The van der Waals surface area contributed by atoms with Crippen LogP contribution >= 0.6 is 11.6 Å². The normalized spacial score (nSPS) is 10.4. The standard InChI is InChI=1S/C15H17ClN2O3/c1-18(2)12-5-4-10(7-11(12)16)17-8-9-3-6-13(19)15(21)14(9)20/h3-7,17,19-21H,8H2,1-2H3. The zero-order chi connectivity index (χ0) is 15.6.